The van der Waals surface area contributed by atoms with E-state index in [2.05, 4.69) is 4.57 Å². The van der Waals surface area contributed by atoms with Crippen LogP contribution in [0.25, 0.3) is 6.08 Å². The molecule has 0 N–H and O–H groups in total. The lowest BCUT2D eigenvalue weighted by molar-refractivity contribution is -0.155. The summed E-state index contributed by atoms with van der Waals surface area (Å²) in [5, 5.41) is 9.46. The Balaban J connectivity index is 2.10. The van der Waals surface area contributed by atoms with Gasteiger partial charge in [0.25, 0.3) is 5.91 Å². The maximum Gasteiger partial charge on any atom is 0.349 e. The normalized spacial score (nSPS) is 16.1. The summed E-state index contributed by atoms with van der Waals surface area (Å²) >= 11 is 0. The fourth-order valence-corrected chi connectivity index (χ4v) is 3.62. The molecule has 158 valence electrons. The van der Waals surface area contributed by atoms with Crippen LogP contribution in [0.5, 0.6) is 0 Å². The quantitative estimate of drug-likeness (QED) is 0.398. The van der Waals surface area contributed by atoms with Crippen molar-refractivity contribution in [2.75, 3.05) is 26.8 Å². The smallest absolute Gasteiger partial charge is 0.349 e. The summed E-state index contributed by atoms with van der Waals surface area (Å²) in [5.41, 5.74) is 2.61. The number of carbonyl (C=O) groups is 2. The number of hydrogen-bond acceptors (Lipinski definition) is 5. The molecule has 0 radical (unpaired) electrons. The van der Waals surface area contributed by atoms with Crippen molar-refractivity contribution in [2.24, 2.45) is 0 Å². The molecule has 0 spiro atoms. The van der Waals surface area contributed by atoms with Crippen molar-refractivity contribution in [3.05, 3.63) is 28.6 Å². The maximum absolute atomic E-state index is 12.6. The highest BCUT2D eigenvalue weighted by molar-refractivity contribution is 5.99. The Morgan fingerprint density at radius 2 is 1.90 bits per heavy atom. The van der Waals surface area contributed by atoms with Gasteiger partial charge in [0.05, 0.1) is 6.61 Å². The Kier molecular flexibility index (Phi) is 8.47. The molecule has 0 bridgehead atoms. The second kappa shape index (κ2) is 10.8. The predicted molar refractivity (Wildman–Crippen MR) is 110 cm³/mol. The molecule has 2 rings (SSSR count). The first kappa shape index (κ1) is 22.7. The second-order valence-corrected chi connectivity index (χ2v) is 7.43. The molecule has 1 atom stereocenters. The number of carbonyl (C=O) groups excluding carboxylic acids is 2. The van der Waals surface area contributed by atoms with Crippen LogP contribution >= 0.6 is 0 Å². The third-order valence-electron chi connectivity index (χ3n) is 5.32. The molecule has 0 saturated carbocycles. The Hall–Kier alpha value is -2.59. The Bertz CT molecular complexity index is 796. The number of esters is 1. The fraction of sp³-hybridized carbons (Fsp3) is 0.591. The maximum atomic E-state index is 12.6. The van der Waals surface area contributed by atoms with Crippen molar-refractivity contribution >= 4 is 18.0 Å². The summed E-state index contributed by atoms with van der Waals surface area (Å²) in [5.74, 6) is -0.972. The SMILES string of the molecule is COCCn1c(C)cc(/C=C(\C#N)C(=O)O[C@@H](C)C(=O)N2CCCCCC2)c1C. The average molecular weight is 402 g/mol. The van der Waals surface area contributed by atoms with Gasteiger partial charge in [-0.3, -0.25) is 4.79 Å². The molecule has 1 aromatic heterocycles. The molecular formula is C22H31N3O4. The molecule has 0 aromatic carbocycles. The van der Waals surface area contributed by atoms with E-state index in [1.807, 2.05) is 26.0 Å². The van der Waals surface area contributed by atoms with Crippen molar-refractivity contribution in [1.29, 1.82) is 5.26 Å². The van der Waals surface area contributed by atoms with Crippen LogP contribution in [0.2, 0.25) is 0 Å². The first-order valence-electron chi connectivity index (χ1n) is 10.2. The molecule has 1 aliphatic heterocycles. The largest absolute Gasteiger partial charge is 0.448 e. The Morgan fingerprint density at radius 3 is 2.48 bits per heavy atom. The van der Waals surface area contributed by atoms with Gasteiger partial charge in [-0.2, -0.15) is 5.26 Å². The number of methoxy groups -OCH3 is 1. The molecule has 1 aromatic rings. The van der Waals surface area contributed by atoms with E-state index in [1.54, 1.807) is 18.9 Å². The standard InChI is InChI=1S/C22H31N3O4/c1-16-13-19(17(2)25(16)11-12-28-4)14-20(15-23)22(27)29-18(3)21(26)24-9-7-5-6-8-10-24/h13-14,18H,5-12H2,1-4H3/b20-14+/t18-/m0/s1. The zero-order chi connectivity index (χ0) is 21.4. The number of likely N-dealkylation sites (tertiary alicyclic amines) is 1. The number of rotatable bonds is 7. The van der Waals surface area contributed by atoms with E-state index in [0.29, 0.717) is 26.2 Å². The number of hydrogen-bond donors (Lipinski definition) is 0. The van der Waals surface area contributed by atoms with Gasteiger partial charge in [0, 0.05) is 38.1 Å². The highest BCUT2D eigenvalue weighted by atomic mass is 16.5. The van der Waals surface area contributed by atoms with Crippen LogP contribution in [0.1, 0.15) is 49.6 Å². The summed E-state index contributed by atoms with van der Waals surface area (Å²) in [7, 11) is 1.65. The van der Waals surface area contributed by atoms with Crippen LogP contribution in [0.4, 0.5) is 0 Å². The van der Waals surface area contributed by atoms with Crippen LogP contribution in [0, 0.1) is 25.2 Å². The van der Waals surface area contributed by atoms with E-state index >= 15 is 0 Å². The van der Waals surface area contributed by atoms with Crippen LogP contribution in [0.3, 0.4) is 0 Å². The lowest BCUT2D eigenvalue weighted by Crippen LogP contribution is -2.40. The van der Waals surface area contributed by atoms with Gasteiger partial charge < -0.3 is 18.9 Å². The van der Waals surface area contributed by atoms with Gasteiger partial charge in [0.2, 0.25) is 0 Å². The summed E-state index contributed by atoms with van der Waals surface area (Å²) < 4.78 is 12.5. The molecule has 2 heterocycles. The molecule has 7 heteroatoms. The molecule has 1 saturated heterocycles. The zero-order valence-electron chi connectivity index (χ0n) is 17.9. The molecular weight excluding hydrogens is 370 g/mol. The van der Waals surface area contributed by atoms with E-state index in [-0.39, 0.29) is 11.5 Å². The van der Waals surface area contributed by atoms with Gasteiger partial charge in [-0.15, -0.1) is 0 Å². The first-order valence-corrected chi connectivity index (χ1v) is 10.2. The first-order chi connectivity index (χ1) is 13.9. The zero-order valence-corrected chi connectivity index (χ0v) is 17.9. The minimum absolute atomic E-state index is 0.118. The van der Waals surface area contributed by atoms with Gasteiger partial charge >= 0.3 is 5.97 Å². The van der Waals surface area contributed by atoms with E-state index in [9.17, 15) is 14.9 Å². The minimum Gasteiger partial charge on any atom is -0.448 e. The molecule has 1 aliphatic rings. The van der Waals surface area contributed by atoms with Gasteiger partial charge in [-0.05, 0) is 51.3 Å². The van der Waals surface area contributed by atoms with Crippen molar-refractivity contribution < 1.29 is 19.1 Å². The lowest BCUT2D eigenvalue weighted by Gasteiger charge is -2.23. The van der Waals surface area contributed by atoms with Gasteiger partial charge in [0.15, 0.2) is 6.10 Å². The van der Waals surface area contributed by atoms with Crippen molar-refractivity contribution in [3.63, 3.8) is 0 Å². The van der Waals surface area contributed by atoms with Gasteiger partial charge in [-0.25, -0.2) is 4.79 Å². The van der Waals surface area contributed by atoms with Crippen molar-refractivity contribution in [1.82, 2.24) is 9.47 Å². The number of nitrogens with zero attached hydrogens (tertiary/aromatic N) is 3. The molecule has 29 heavy (non-hydrogen) atoms. The fourth-order valence-electron chi connectivity index (χ4n) is 3.62. The van der Waals surface area contributed by atoms with E-state index < -0.39 is 12.1 Å². The van der Waals surface area contributed by atoms with Crippen LogP contribution < -0.4 is 0 Å². The number of aryl methyl sites for hydroxylation is 1. The second-order valence-electron chi connectivity index (χ2n) is 7.43. The summed E-state index contributed by atoms with van der Waals surface area (Å²) in [6.07, 6.45) is 4.77. The highest BCUT2D eigenvalue weighted by Crippen LogP contribution is 2.19. The molecule has 7 nitrogen and oxygen atoms in total. The van der Waals surface area contributed by atoms with Crippen LogP contribution in [0.15, 0.2) is 11.6 Å². The van der Waals surface area contributed by atoms with E-state index in [0.717, 1.165) is 42.6 Å². The Labute approximate surface area is 172 Å². The van der Waals surface area contributed by atoms with Crippen molar-refractivity contribution in [3.8, 4) is 6.07 Å². The van der Waals surface area contributed by atoms with Crippen LogP contribution in [-0.4, -0.2) is 54.3 Å². The van der Waals surface area contributed by atoms with Crippen molar-refractivity contribution in [2.45, 2.75) is 59.1 Å². The molecule has 1 amide bonds. The Morgan fingerprint density at radius 1 is 1.24 bits per heavy atom. The third-order valence-corrected chi connectivity index (χ3v) is 5.32. The molecule has 1 fully saturated rings. The minimum atomic E-state index is -0.911. The van der Waals surface area contributed by atoms with Crippen LogP contribution in [-0.2, 0) is 25.6 Å². The third kappa shape index (κ3) is 5.94. The predicted octanol–water partition coefficient (Wildman–Crippen LogP) is 2.99. The number of ether oxygens (including phenoxy) is 2. The molecule has 0 unspecified atom stereocenters. The summed E-state index contributed by atoms with van der Waals surface area (Å²) in [6, 6.07) is 3.83. The lowest BCUT2D eigenvalue weighted by atomic mass is 10.1. The highest BCUT2D eigenvalue weighted by Gasteiger charge is 2.26. The number of aromatic nitrogens is 1. The van der Waals surface area contributed by atoms with Gasteiger partial charge in [-0.1, -0.05) is 12.8 Å². The topological polar surface area (TPSA) is 84.6 Å². The number of nitriles is 1. The van der Waals surface area contributed by atoms with E-state index in [4.69, 9.17) is 9.47 Å². The summed E-state index contributed by atoms with van der Waals surface area (Å²) in [6.45, 7) is 8.10. The molecule has 0 aliphatic carbocycles. The van der Waals surface area contributed by atoms with E-state index in [1.165, 1.54) is 6.08 Å². The average Bonchev–Trinajstić information content (AvgIpc) is 2.89. The van der Waals surface area contributed by atoms with Gasteiger partial charge in [0.1, 0.15) is 11.6 Å². The monoisotopic (exact) mass is 401 g/mol. The summed E-state index contributed by atoms with van der Waals surface area (Å²) in [4.78, 5) is 26.9. The number of amides is 1.